The van der Waals surface area contributed by atoms with Crippen molar-refractivity contribution >= 4 is 5.82 Å². The van der Waals surface area contributed by atoms with Gasteiger partial charge >= 0.3 is 0 Å². The van der Waals surface area contributed by atoms with E-state index in [1.165, 1.54) is 11.1 Å². The molecule has 0 aliphatic rings. The molecule has 0 spiro atoms. The SMILES string of the molecule is Cc1ccc(-c2nc(N)cc(CC(C)C)n2)c(C)c1. The fourth-order valence-electron chi connectivity index (χ4n) is 2.23. The molecule has 2 rings (SSSR count). The van der Waals surface area contributed by atoms with Crippen LogP contribution >= 0.6 is 0 Å². The van der Waals surface area contributed by atoms with Gasteiger partial charge in [-0.3, -0.25) is 0 Å². The lowest BCUT2D eigenvalue weighted by Crippen LogP contribution is -2.04. The highest BCUT2D eigenvalue weighted by atomic mass is 14.9. The largest absolute Gasteiger partial charge is 0.384 e. The summed E-state index contributed by atoms with van der Waals surface area (Å²) in [6, 6.07) is 8.16. The van der Waals surface area contributed by atoms with Gasteiger partial charge in [-0.2, -0.15) is 0 Å². The molecule has 1 aromatic carbocycles. The second kappa shape index (κ2) is 5.39. The lowest BCUT2D eigenvalue weighted by molar-refractivity contribution is 0.635. The summed E-state index contributed by atoms with van der Waals surface area (Å²) in [4.78, 5) is 9.01. The van der Waals surface area contributed by atoms with Gasteiger partial charge in [0, 0.05) is 17.3 Å². The van der Waals surface area contributed by atoms with Crippen molar-refractivity contribution in [3.63, 3.8) is 0 Å². The van der Waals surface area contributed by atoms with Gasteiger partial charge < -0.3 is 5.73 Å². The summed E-state index contributed by atoms with van der Waals surface area (Å²) in [5, 5.41) is 0. The molecule has 0 radical (unpaired) electrons. The lowest BCUT2D eigenvalue weighted by atomic mass is 10.0. The Morgan fingerprint density at radius 3 is 2.47 bits per heavy atom. The number of rotatable bonds is 3. The van der Waals surface area contributed by atoms with Crippen molar-refractivity contribution < 1.29 is 0 Å². The van der Waals surface area contributed by atoms with Crippen molar-refractivity contribution in [1.29, 1.82) is 0 Å². The fourth-order valence-corrected chi connectivity index (χ4v) is 2.23. The maximum atomic E-state index is 5.90. The summed E-state index contributed by atoms with van der Waals surface area (Å²) in [6.07, 6.45) is 0.921. The van der Waals surface area contributed by atoms with Crippen LogP contribution in [0.15, 0.2) is 24.3 Å². The van der Waals surface area contributed by atoms with Gasteiger partial charge in [-0.25, -0.2) is 9.97 Å². The summed E-state index contributed by atoms with van der Waals surface area (Å²) in [6.45, 7) is 8.52. The molecule has 0 aliphatic heterocycles. The molecule has 1 heterocycles. The summed E-state index contributed by atoms with van der Waals surface area (Å²) < 4.78 is 0. The van der Waals surface area contributed by atoms with Gasteiger partial charge in [0.1, 0.15) is 5.82 Å². The van der Waals surface area contributed by atoms with Crippen molar-refractivity contribution in [3.05, 3.63) is 41.1 Å². The van der Waals surface area contributed by atoms with Crippen LogP contribution in [0, 0.1) is 19.8 Å². The first-order valence-corrected chi connectivity index (χ1v) is 6.66. The minimum Gasteiger partial charge on any atom is -0.384 e. The van der Waals surface area contributed by atoms with E-state index in [0.717, 1.165) is 23.5 Å². The molecule has 0 aliphatic carbocycles. The summed E-state index contributed by atoms with van der Waals surface area (Å²) in [7, 11) is 0. The first-order chi connectivity index (χ1) is 8.95. The molecule has 0 saturated heterocycles. The molecule has 1 aromatic heterocycles. The third kappa shape index (κ3) is 3.31. The molecule has 0 atom stereocenters. The van der Waals surface area contributed by atoms with E-state index in [9.17, 15) is 0 Å². The van der Waals surface area contributed by atoms with Crippen LogP contribution in [0.25, 0.3) is 11.4 Å². The Balaban J connectivity index is 2.46. The van der Waals surface area contributed by atoms with Crippen LogP contribution in [0.1, 0.15) is 30.7 Å². The molecule has 0 fully saturated rings. The third-order valence-electron chi connectivity index (χ3n) is 3.04. The molecule has 19 heavy (non-hydrogen) atoms. The predicted octanol–water partition coefficient (Wildman–Crippen LogP) is 3.54. The fraction of sp³-hybridized carbons (Fsp3) is 0.375. The molecule has 0 bridgehead atoms. The first-order valence-electron chi connectivity index (χ1n) is 6.66. The normalized spacial score (nSPS) is 11.0. The number of hydrogen-bond acceptors (Lipinski definition) is 3. The van der Waals surface area contributed by atoms with Crippen molar-refractivity contribution in [1.82, 2.24) is 9.97 Å². The van der Waals surface area contributed by atoms with E-state index in [2.05, 4.69) is 55.9 Å². The van der Waals surface area contributed by atoms with E-state index in [1.54, 1.807) is 0 Å². The quantitative estimate of drug-likeness (QED) is 0.912. The van der Waals surface area contributed by atoms with Crippen LogP contribution in [-0.4, -0.2) is 9.97 Å². The summed E-state index contributed by atoms with van der Waals surface area (Å²) >= 11 is 0. The molecule has 0 amide bonds. The average molecular weight is 255 g/mol. The van der Waals surface area contributed by atoms with Crippen LogP contribution in [0.4, 0.5) is 5.82 Å². The Labute approximate surface area is 114 Å². The van der Waals surface area contributed by atoms with Crippen LogP contribution < -0.4 is 5.73 Å². The van der Waals surface area contributed by atoms with Crippen LogP contribution in [-0.2, 0) is 6.42 Å². The van der Waals surface area contributed by atoms with E-state index >= 15 is 0 Å². The molecular formula is C16H21N3. The zero-order valence-corrected chi connectivity index (χ0v) is 12.1. The van der Waals surface area contributed by atoms with Crippen molar-refractivity contribution in [2.45, 2.75) is 34.1 Å². The highest BCUT2D eigenvalue weighted by Crippen LogP contribution is 2.22. The van der Waals surface area contributed by atoms with E-state index in [1.807, 2.05) is 6.07 Å². The van der Waals surface area contributed by atoms with Gasteiger partial charge in [0.05, 0.1) is 0 Å². The second-order valence-corrected chi connectivity index (χ2v) is 5.52. The Hall–Kier alpha value is -1.90. The highest BCUT2D eigenvalue weighted by Gasteiger charge is 2.09. The maximum Gasteiger partial charge on any atom is 0.162 e. The zero-order valence-electron chi connectivity index (χ0n) is 12.1. The molecule has 0 unspecified atom stereocenters. The standard InChI is InChI=1S/C16H21N3/c1-10(2)7-13-9-15(17)19-16(18-13)14-6-5-11(3)8-12(14)4/h5-6,8-10H,7H2,1-4H3,(H2,17,18,19). The zero-order chi connectivity index (χ0) is 14.0. The lowest BCUT2D eigenvalue weighted by Gasteiger charge is -2.10. The van der Waals surface area contributed by atoms with E-state index in [0.29, 0.717) is 11.7 Å². The van der Waals surface area contributed by atoms with Crippen molar-refractivity contribution in [2.24, 2.45) is 5.92 Å². The molecule has 0 saturated carbocycles. The van der Waals surface area contributed by atoms with Crippen LogP contribution in [0.5, 0.6) is 0 Å². The minimum atomic E-state index is 0.542. The van der Waals surface area contributed by atoms with E-state index in [-0.39, 0.29) is 0 Å². The number of hydrogen-bond donors (Lipinski definition) is 1. The van der Waals surface area contributed by atoms with Gasteiger partial charge in [0.15, 0.2) is 5.82 Å². The van der Waals surface area contributed by atoms with Crippen molar-refractivity contribution in [2.75, 3.05) is 5.73 Å². The van der Waals surface area contributed by atoms with E-state index < -0.39 is 0 Å². The maximum absolute atomic E-state index is 5.90. The molecule has 3 heteroatoms. The molecule has 3 nitrogen and oxygen atoms in total. The molecule has 2 N–H and O–H groups in total. The Kier molecular flexibility index (Phi) is 3.84. The Morgan fingerprint density at radius 1 is 1.11 bits per heavy atom. The second-order valence-electron chi connectivity index (χ2n) is 5.52. The minimum absolute atomic E-state index is 0.542. The third-order valence-corrected chi connectivity index (χ3v) is 3.04. The van der Waals surface area contributed by atoms with Crippen molar-refractivity contribution in [3.8, 4) is 11.4 Å². The van der Waals surface area contributed by atoms with Gasteiger partial charge in [-0.1, -0.05) is 37.6 Å². The predicted molar refractivity (Wildman–Crippen MR) is 79.9 cm³/mol. The first kappa shape index (κ1) is 13.5. The summed E-state index contributed by atoms with van der Waals surface area (Å²) in [5.41, 5.74) is 10.4. The van der Waals surface area contributed by atoms with Gasteiger partial charge in [-0.05, 0) is 31.7 Å². The van der Waals surface area contributed by atoms with Gasteiger partial charge in [-0.15, -0.1) is 0 Å². The molecular weight excluding hydrogens is 234 g/mol. The number of nitrogens with zero attached hydrogens (tertiary/aromatic N) is 2. The smallest absolute Gasteiger partial charge is 0.162 e. The number of aromatic nitrogens is 2. The van der Waals surface area contributed by atoms with Gasteiger partial charge in [0.25, 0.3) is 0 Å². The van der Waals surface area contributed by atoms with Crippen LogP contribution in [0.2, 0.25) is 0 Å². The number of anilines is 1. The molecule has 2 aromatic rings. The number of benzene rings is 1. The number of nitrogens with two attached hydrogens (primary N) is 1. The Morgan fingerprint density at radius 2 is 1.84 bits per heavy atom. The highest BCUT2D eigenvalue weighted by molar-refractivity contribution is 5.62. The number of aryl methyl sites for hydroxylation is 2. The average Bonchev–Trinajstić information content (AvgIpc) is 2.26. The number of nitrogen functional groups attached to an aromatic ring is 1. The van der Waals surface area contributed by atoms with E-state index in [4.69, 9.17) is 5.73 Å². The summed E-state index contributed by atoms with van der Waals surface area (Å²) in [5.74, 6) is 1.83. The van der Waals surface area contributed by atoms with Crippen LogP contribution in [0.3, 0.4) is 0 Å². The molecule has 100 valence electrons. The monoisotopic (exact) mass is 255 g/mol. The topological polar surface area (TPSA) is 51.8 Å². The Bertz CT molecular complexity index is 589. The van der Waals surface area contributed by atoms with Gasteiger partial charge in [0.2, 0.25) is 0 Å².